The van der Waals surface area contributed by atoms with Crippen molar-refractivity contribution >= 4 is 5.97 Å². The van der Waals surface area contributed by atoms with Gasteiger partial charge in [0.2, 0.25) is 0 Å². The third kappa shape index (κ3) is 8.33. The number of carbonyl (C=O) groups is 1. The Hall–Kier alpha value is -0.677. The number of nitriles is 1. The molecule has 0 atom stereocenters. The van der Waals surface area contributed by atoms with E-state index in [1.165, 1.54) is 0 Å². The van der Waals surface area contributed by atoms with Gasteiger partial charge in [0.05, 0.1) is 6.07 Å². The Balaban J connectivity index is 0. The summed E-state index contributed by atoms with van der Waals surface area (Å²) in [6.07, 6.45) is 6.03. The summed E-state index contributed by atoms with van der Waals surface area (Å²) in [4.78, 5) is 9.91. The second-order valence-corrected chi connectivity index (χ2v) is 4.09. The molecule has 4 heteroatoms. The fourth-order valence-corrected chi connectivity index (χ4v) is 0.652. The van der Waals surface area contributed by atoms with Crippen LogP contribution in [-0.2, 0) is 24.3 Å². The number of hydrogen-bond acceptors (Lipinski definition) is 3. The normalized spacial score (nSPS) is 13.9. The molecular formula is C11H15NO2Zn-. The summed E-state index contributed by atoms with van der Waals surface area (Å²) in [7, 11) is 0. The molecule has 0 aliphatic heterocycles. The van der Waals surface area contributed by atoms with Crippen LogP contribution in [0.5, 0.6) is 0 Å². The van der Waals surface area contributed by atoms with Gasteiger partial charge in [0.15, 0.2) is 0 Å². The molecule has 1 radical (unpaired) electrons. The van der Waals surface area contributed by atoms with Gasteiger partial charge >= 0.3 is 0 Å². The van der Waals surface area contributed by atoms with Crippen LogP contribution < -0.4 is 5.11 Å². The number of allylic oxidation sites excluding steroid dienone is 2. The van der Waals surface area contributed by atoms with Crippen LogP contribution in [0.25, 0.3) is 0 Å². The number of carboxylic acids is 1. The molecule has 0 aromatic carbocycles. The molecule has 0 saturated carbocycles. The molecule has 0 fully saturated rings. The molecule has 15 heavy (non-hydrogen) atoms. The zero-order valence-corrected chi connectivity index (χ0v) is 12.5. The van der Waals surface area contributed by atoms with E-state index in [0.29, 0.717) is 0 Å². The van der Waals surface area contributed by atoms with Crippen LogP contribution in [0.1, 0.15) is 33.6 Å². The van der Waals surface area contributed by atoms with Crippen LogP contribution in [0.4, 0.5) is 0 Å². The second-order valence-electron chi connectivity index (χ2n) is 4.09. The first-order valence-corrected chi connectivity index (χ1v) is 4.53. The van der Waals surface area contributed by atoms with Crippen molar-refractivity contribution in [2.45, 2.75) is 33.6 Å². The van der Waals surface area contributed by atoms with E-state index < -0.39 is 11.4 Å². The molecule has 79 valence electrons. The fourth-order valence-electron chi connectivity index (χ4n) is 0.652. The van der Waals surface area contributed by atoms with Gasteiger partial charge in [0.25, 0.3) is 0 Å². The predicted octanol–water partition coefficient (Wildman–Crippen LogP) is 1.21. The van der Waals surface area contributed by atoms with Gasteiger partial charge in [-0.25, -0.2) is 0 Å². The molecule has 0 N–H and O–H groups in total. The Morgan fingerprint density at radius 2 is 1.93 bits per heavy atom. The Morgan fingerprint density at radius 3 is 2.07 bits per heavy atom. The molecular weight excluding hydrogens is 244 g/mol. The summed E-state index contributed by atoms with van der Waals surface area (Å²) in [5, 5.41) is 18.1. The fraction of sp³-hybridized carbons (Fsp3) is 0.545. The standard InChI is InChI=1S/C6H6N.C5H10O2.Zn/c7-5-6-3-1-2-4-6;1-5(2,3)4(6)7;/h3-4H,1-2H2;1-3H3,(H,6,7);/p-1. The van der Waals surface area contributed by atoms with Crippen LogP contribution in [0.15, 0.2) is 11.6 Å². The third-order valence-electron chi connectivity index (χ3n) is 1.64. The number of carbonyl (C=O) groups excluding carboxylic acids is 1. The molecule has 0 amide bonds. The molecule has 1 rings (SSSR count). The van der Waals surface area contributed by atoms with E-state index in [9.17, 15) is 9.90 Å². The molecule has 0 aromatic rings. The summed E-state index contributed by atoms with van der Waals surface area (Å²) in [5.74, 6) is -1.01. The maximum absolute atomic E-state index is 9.91. The summed E-state index contributed by atoms with van der Waals surface area (Å²) < 4.78 is 0. The minimum Gasteiger partial charge on any atom is -0.550 e. The van der Waals surface area contributed by atoms with E-state index in [1.807, 2.05) is 12.5 Å². The van der Waals surface area contributed by atoms with Gasteiger partial charge in [-0.15, -0.1) is 0 Å². The van der Waals surface area contributed by atoms with E-state index in [4.69, 9.17) is 5.26 Å². The van der Waals surface area contributed by atoms with Crippen LogP contribution in [0.3, 0.4) is 0 Å². The Kier molecular flexibility index (Phi) is 8.48. The number of hydrogen-bond donors (Lipinski definition) is 0. The van der Waals surface area contributed by atoms with Crippen molar-refractivity contribution in [2.75, 3.05) is 0 Å². The molecule has 0 spiro atoms. The zero-order valence-electron chi connectivity index (χ0n) is 9.54. The van der Waals surface area contributed by atoms with Crippen molar-refractivity contribution in [3.8, 4) is 6.07 Å². The maximum atomic E-state index is 9.91. The zero-order chi connectivity index (χ0) is 11.2. The van der Waals surface area contributed by atoms with Gasteiger partial charge in [-0.1, -0.05) is 26.8 Å². The minimum absolute atomic E-state index is 0. The summed E-state index contributed by atoms with van der Waals surface area (Å²) >= 11 is 0. The summed E-state index contributed by atoms with van der Waals surface area (Å²) in [6.45, 7) is 4.80. The van der Waals surface area contributed by atoms with Crippen molar-refractivity contribution in [3.05, 3.63) is 18.1 Å². The molecule has 3 nitrogen and oxygen atoms in total. The summed E-state index contributed by atoms with van der Waals surface area (Å²) in [6, 6.07) is 2.07. The molecule has 0 saturated heterocycles. The van der Waals surface area contributed by atoms with Gasteiger partial charge in [0, 0.05) is 42.9 Å². The first-order valence-electron chi connectivity index (χ1n) is 4.53. The number of nitrogens with zero attached hydrogens (tertiary/aromatic N) is 1. The second kappa shape index (κ2) is 7.59. The quantitative estimate of drug-likeness (QED) is 0.614. The van der Waals surface area contributed by atoms with Crippen molar-refractivity contribution in [1.29, 1.82) is 5.26 Å². The Morgan fingerprint density at radius 1 is 1.47 bits per heavy atom. The molecule has 0 aromatic heterocycles. The maximum Gasteiger partial charge on any atom is 0.0946 e. The third-order valence-corrected chi connectivity index (χ3v) is 1.64. The largest absolute Gasteiger partial charge is 0.550 e. The van der Waals surface area contributed by atoms with Crippen LogP contribution in [-0.4, -0.2) is 5.97 Å². The average Bonchev–Trinajstić information content (AvgIpc) is 2.54. The van der Waals surface area contributed by atoms with E-state index in [1.54, 1.807) is 20.8 Å². The van der Waals surface area contributed by atoms with Crippen molar-refractivity contribution < 1.29 is 29.4 Å². The number of rotatable bonds is 0. The van der Waals surface area contributed by atoms with Crippen LogP contribution >= 0.6 is 0 Å². The van der Waals surface area contributed by atoms with Gasteiger partial charge < -0.3 is 9.90 Å². The van der Waals surface area contributed by atoms with Crippen molar-refractivity contribution in [3.63, 3.8) is 0 Å². The topological polar surface area (TPSA) is 63.9 Å². The Labute approximate surface area is 104 Å². The predicted molar refractivity (Wildman–Crippen MR) is 51.7 cm³/mol. The van der Waals surface area contributed by atoms with Gasteiger partial charge in [-0.05, 0) is 12.8 Å². The summed E-state index contributed by atoms with van der Waals surface area (Å²) in [5.41, 5.74) is 0.153. The van der Waals surface area contributed by atoms with Gasteiger partial charge in [0.1, 0.15) is 0 Å². The molecule has 1 aliphatic carbocycles. The minimum atomic E-state index is -1.01. The number of aliphatic carboxylic acids is 1. The van der Waals surface area contributed by atoms with E-state index in [2.05, 4.69) is 6.07 Å². The van der Waals surface area contributed by atoms with E-state index >= 15 is 0 Å². The van der Waals surface area contributed by atoms with Crippen LogP contribution in [0, 0.1) is 23.2 Å². The van der Waals surface area contributed by atoms with Gasteiger partial charge in [-0.3, -0.25) is 0 Å². The van der Waals surface area contributed by atoms with Gasteiger partial charge in [-0.2, -0.15) is 5.26 Å². The van der Waals surface area contributed by atoms with Crippen molar-refractivity contribution in [1.82, 2.24) is 0 Å². The molecule has 0 heterocycles. The first-order chi connectivity index (χ1) is 6.38. The Bertz CT molecular complexity index is 271. The monoisotopic (exact) mass is 257 g/mol. The molecule has 0 unspecified atom stereocenters. The molecule has 0 bridgehead atoms. The SMILES string of the molecule is CC(C)(C)C(=O)[O-].N#CC1=CCC[CH]1.[Zn]. The van der Waals surface area contributed by atoms with Crippen LogP contribution in [0.2, 0.25) is 0 Å². The van der Waals surface area contributed by atoms with E-state index in [0.717, 1.165) is 18.4 Å². The van der Waals surface area contributed by atoms with E-state index in [-0.39, 0.29) is 19.5 Å². The first kappa shape index (κ1) is 16.7. The smallest absolute Gasteiger partial charge is 0.0946 e. The number of carboxylic acid groups (broad SMARTS) is 1. The van der Waals surface area contributed by atoms with Crippen molar-refractivity contribution in [2.24, 2.45) is 5.41 Å². The average molecular weight is 259 g/mol. The molecule has 1 aliphatic rings.